The Bertz CT molecular complexity index is 849. The molecule has 0 amide bonds. The quantitative estimate of drug-likeness (QED) is 0.422. The molecule has 0 unspecified atom stereocenters. The predicted molar refractivity (Wildman–Crippen MR) is 95.9 cm³/mol. The van der Waals surface area contributed by atoms with Crippen molar-refractivity contribution in [2.75, 3.05) is 5.32 Å². The van der Waals surface area contributed by atoms with E-state index in [4.69, 9.17) is 23.2 Å². The van der Waals surface area contributed by atoms with Crippen LogP contribution >= 0.6 is 23.2 Å². The maximum Gasteiger partial charge on any atom is 0.269 e. The molecular weight excluding hydrogens is 347 g/mol. The zero-order valence-electron chi connectivity index (χ0n) is 12.6. The zero-order chi connectivity index (χ0) is 16.8. The molecule has 0 spiro atoms. The first-order valence-electron chi connectivity index (χ1n) is 7.71. The number of non-ortho nitro benzene ring substituents is 1. The summed E-state index contributed by atoms with van der Waals surface area (Å²) in [4.78, 5) is 10.5. The number of allylic oxidation sites excluding steroid dienone is 2. The van der Waals surface area contributed by atoms with Crippen molar-refractivity contribution in [3.05, 3.63) is 79.8 Å². The monoisotopic (exact) mass is 360 g/mol. The van der Waals surface area contributed by atoms with Gasteiger partial charge < -0.3 is 5.32 Å². The number of benzene rings is 2. The van der Waals surface area contributed by atoms with Crippen molar-refractivity contribution in [3.63, 3.8) is 0 Å². The van der Waals surface area contributed by atoms with Gasteiger partial charge in [-0.15, -0.1) is 0 Å². The average molecular weight is 361 g/mol. The minimum atomic E-state index is -0.385. The lowest BCUT2D eigenvalue weighted by molar-refractivity contribution is -0.384. The number of nitro benzene ring substituents is 1. The number of nitrogens with zero attached hydrogens (tertiary/aromatic N) is 1. The highest BCUT2D eigenvalue weighted by molar-refractivity contribution is 6.43. The second-order valence-electron chi connectivity index (χ2n) is 6.15. The predicted octanol–water partition coefficient (Wildman–Crippen LogP) is 5.73. The molecule has 0 radical (unpaired) electrons. The number of hydrogen-bond donors (Lipinski definition) is 1. The molecule has 2 aliphatic rings. The number of anilines is 1. The molecule has 122 valence electrons. The van der Waals surface area contributed by atoms with Gasteiger partial charge in [0, 0.05) is 18.1 Å². The van der Waals surface area contributed by atoms with E-state index in [9.17, 15) is 10.1 Å². The van der Waals surface area contributed by atoms with Gasteiger partial charge in [-0.2, -0.15) is 0 Å². The molecule has 6 heteroatoms. The summed E-state index contributed by atoms with van der Waals surface area (Å²) in [6.07, 6.45) is 5.36. The van der Waals surface area contributed by atoms with E-state index in [-0.39, 0.29) is 22.6 Å². The largest absolute Gasteiger partial charge is 0.376 e. The summed E-state index contributed by atoms with van der Waals surface area (Å²) in [7, 11) is 0. The Hall–Kier alpha value is -2.04. The smallest absolute Gasteiger partial charge is 0.269 e. The van der Waals surface area contributed by atoms with Gasteiger partial charge in [0.25, 0.3) is 5.69 Å². The molecule has 0 bridgehead atoms. The van der Waals surface area contributed by atoms with Gasteiger partial charge in [-0.25, -0.2) is 0 Å². The van der Waals surface area contributed by atoms with Gasteiger partial charge >= 0.3 is 0 Å². The van der Waals surface area contributed by atoms with Crippen molar-refractivity contribution in [2.24, 2.45) is 5.92 Å². The minimum Gasteiger partial charge on any atom is -0.376 e. The van der Waals surface area contributed by atoms with E-state index in [1.807, 2.05) is 24.3 Å². The van der Waals surface area contributed by atoms with E-state index in [1.54, 1.807) is 12.1 Å². The average Bonchev–Trinajstić information content (AvgIpc) is 3.07. The summed E-state index contributed by atoms with van der Waals surface area (Å²) < 4.78 is 0. The third-order valence-corrected chi connectivity index (χ3v) is 5.69. The van der Waals surface area contributed by atoms with Crippen LogP contribution in [0.4, 0.5) is 11.4 Å². The third-order valence-electron chi connectivity index (χ3n) is 4.89. The first-order chi connectivity index (χ1) is 11.6. The Morgan fingerprint density at radius 2 is 1.88 bits per heavy atom. The molecule has 0 saturated carbocycles. The highest BCUT2D eigenvalue weighted by Crippen LogP contribution is 2.52. The van der Waals surface area contributed by atoms with Crippen LogP contribution < -0.4 is 5.32 Å². The number of rotatable bonds is 2. The first-order valence-corrected chi connectivity index (χ1v) is 8.47. The second-order valence-corrected chi connectivity index (χ2v) is 6.93. The lowest BCUT2D eigenvalue weighted by atomic mass is 9.77. The molecule has 0 fully saturated rings. The van der Waals surface area contributed by atoms with E-state index in [1.165, 1.54) is 0 Å². The van der Waals surface area contributed by atoms with Gasteiger partial charge in [-0.05, 0) is 29.5 Å². The zero-order valence-corrected chi connectivity index (χ0v) is 14.1. The van der Waals surface area contributed by atoms with Crippen LogP contribution in [0.3, 0.4) is 0 Å². The standard InChI is InChI=1S/C18H14Cl2N2O2/c19-15-9-8-14-12-2-1-3-13(12)17(21-18(14)16(15)20)10-4-6-11(7-5-10)22(23)24/h1-2,4-9,12-13,17,21H,3H2/t12-,13-,17-/m0/s1. The van der Waals surface area contributed by atoms with E-state index in [0.29, 0.717) is 16.0 Å². The van der Waals surface area contributed by atoms with Crippen LogP contribution in [0.15, 0.2) is 48.6 Å². The fourth-order valence-corrected chi connectivity index (χ4v) is 4.12. The molecule has 2 aromatic rings. The van der Waals surface area contributed by atoms with Crippen LogP contribution in [-0.2, 0) is 0 Å². The lowest BCUT2D eigenvalue weighted by Crippen LogP contribution is -2.29. The molecule has 1 aliphatic heterocycles. The van der Waals surface area contributed by atoms with Crippen LogP contribution in [-0.4, -0.2) is 4.92 Å². The van der Waals surface area contributed by atoms with Gasteiger partial charge in [-0.3, -0.25) is 10.1 Å². The van der Waals surface area contributed by atoms with E-state index >= 15 is 0 Å². The molecule has 4 nitrogen and oxygen atoms in total. The van der Waals surface area contributed by atoms with E-state index < -0.39 is 0 Å². The summed E-state index contributed by atoms with van der Waals surface area (Å²) in [5, 5.41) is 15.4. The molecule has 0 aromatic heterocycles. The second kappa shape index (κ2) is 5.80. The van der Waals surface area contributed by atoms with Crippen molar-refractivity contribution in [2.45, 2.75) is 18.4 Å². The van der Waals surface area contributed by atoms with Crippen LogP contribution in [0.2, 0.25) is 10.0 Å². The Morgan fingerprint density at radius 1 is 1.12 bits per heavy atom. The lowest BCUT2D eigenvalue weighted by Gasteiger charge is -2.38. The number of nitro groups is 1. The van der Waals surface area contributed by atoms with Gasteiger partial charge in [0.15, 0.2) is 0 Å². The summed E-state index contributed by atoms with van der Waals surface area (Å²) >= 11 is 12.6. The molecule has 0 saturated heterocycles. The van der Waals surface area contributed by atoms with Crippen LogP contribution in [0, 0.1) is 16.0 Å². The Labute approximate surface area is 149 Å². The number of halogens is 2. The minimum absolute atomic E-state index is 0.0364. The Morgan fingerprint density at radius 3 is 2.58 bits per heavy atom. The summed E-state index contributed by atoms with van der Waals surface area (Å²) in [5.41, 5.74) is 3.12. The fraction of sp³-hybridized carbons (Fsp3) is 0.222. The maximum absolute atomic E-state index is 10.9. The highest BCUT2D eigenvalue weighted by atomic mass is 35.5. The molecule has 2 aromatic carbocycles. The van der Waals surface area contributed by atoms with Gasteiger partial charge in [-0.1, -0.05) is 53.6 Å². The molecule has 1 N–H and O–H groups in total. The van der Waals surface area contributed by atoms with Crippen molar-refractivity contribution in [3.8, 4) is 0 Å². The Balaban J connectivity index is 1.77. The van der Waals surface area contributed by atoms with Crippen LogP contribution in [0.5, 0.6) is 0 Å². The van der Waals surface area contributed by atoms with Crippen LogP contribution in [0.25, 0.3) is 0 Å². The summed E-state index contributed by atoms with van der Waals surface area (Å²) in [5.74, 6) is 0.632. The molecule has 4 rings (SSSR count). The van der Waals surface area contributed by atoms with Crippen LogP contribution in [0.1, 0.15) is 29.5 Å². The SMILES string of the molecule is O=[N+]([O-])c1ccc([C@@H]2Nc3c(ccc(Cl)c3Cl)[C@H]3C=CC[C@@H]32)cc1. The summed E-state index contributed by atoms with van der Waals surface area (Å²) in [6.45, 7) is 0. The van der Waals surface area contributed by atoms with Crippen molar-refractivity contribution in [1.29, 1.82) is 0 Å². The summed E-state index contributed by atoms with van der Waals surface area (Å²) in [6, 6.07) is 10.6. The molecule has 24 heavy (non-hydrogen) atoms. The highest BCUT2D eigenvalue weighted by Gasteiger charge is 2.39. The van der Waals surface area contributed by atoms with Crippen molar-refractivity contribution < 1.29 is 4.92 Å². The normalized spacial score (nSPS) is 24.2. The van der Waals surface area contributed by atoms with Gasteiger partial charge in [0.2, 0.25) is 0 Å². The third kappa shape index (κ3) is 2.38. The topological polar surface area (TPSA) is 55.2 Å². The van der Waals surface area contributed by atoms with E-state index in [0.717, 1.165) is 23.2 Å². The molecular formula is C18H14Cl2N2O2. The Kier molecular flexibility index (Phi) is 3.74. The van der Waals surface area contributed by atoms with E-state index in [2.05, 4.69) is 17.5 Å². The van der Waals surface area contributed by atoms with Gasteiger partial charge in [0.1, 0.15) is 0 Å². The fourth-order valence-electron chi connectivity index (χ4n) is 3.74. The van der Waals surface area contributed by atoms with Crippen molar-refractivity contribution in [1.82, 2.24) is 0 Å². The molecule has 1 heterocycles. The number of fused-ring (bicyclic) bond motifs is 3. The molecule has 3 atom stereocenters. The first kappa shape index (κ1) is 15.5. The number of nitrogens with one attached hydrogen (secondary N) is 1. The van der Waals surface area contributed by atoms with Crippen molar-refractivity contribution >= 4 is 34.6 Å². The van der Waals surface area contributed by atoms with Gasteiger partial charge in [0.05, 0.1) is 26.7 Å². The molecule has 1 aliphatic carbocycles. The number of hydrogen-bond acceptors (Lipinski definition) is 3. The maximum atomic E-state index is 10.9.